The average molecular weight is 259 g/mol. The Kier molecular flexibility index (Phi) is 2.68. The first-order valence-corrected chi connectivity index (χ1v) is 6.28. The van der Waals surface area contributed by atoms with E-state index in [1.165, 1.54) is 23.5 Å². The molecule has 1 N–H and O–H groups in total. The molecule has 0 amide bonds. The van der Waals surface area contributed by atoms with E-state index in [-0.39, 0.29) is 5.82 Å². The molecule has 3 nitrogen and oxygen atoms in total. The maximum atomic E-state index is 13.1. The van der Waals surface area contributed by atoms with E-state index in [4.69, 9.17) is 0 Å². The number of thiazole rings is 1. The molecule has 0 fully saturated rings. The van der Waals surface area contributed by atoms with Crippen molar-refractivity contribution in [1.82, 2.24) is 9.97 Å². The molecule has 0 atom stereocenters. The first kappa shape index (κ1) is 11.1. The molecule has 0 saturated carbocycles. The van der Waals surface area contributed by atoms with E-state index < -0.39 is 0 Å². The van der Waals surface area contributed by atoms with Crippen LogP contribution >= 0.6 is 11.3 Å². The number of hydrogen-bond donors (Lipinski definition) is 1. The number of benzene rings is 1. The molecule has 90 valence electrons. The Labute approximate surface area is 107 Å². The van der Waals surface area contributed by atoms with Gasteiger partial charge in [-0.15, -0.1) is 0 Å². The molecule has 3 rings (SSSR count). The summed E-state index contributed by atoms with van der Waals surface area (Å²) in [5.74, 6) is -0.241. The lowest BCUT2D eigenvalue weighted by Gasteiger charge is -2.04. The minimum atomic E-state index is -0.241. The first-order valence-electron chi connectivity index (χ1n) is 5.46. The maximum Gasteiger partial charge on any atom is 0.188 e. The monoisotopic (exact) mass is 259 g/mol. The molecular formula is C13H10FN3S. The zero-order chi connectivity index (χ0) is 12.5. The van der Waals surface area contributed by atoms with Gasteiger partial charge in [0.05, 0.1) is 22.1 Å². The third-order valence-corrected chi connectivity index (χ3v) is 3.56. The van der Waals surface area contributed by atoms with Gasteiger partial charge in [0.2, 0.25) is 0 Å². The largest absolute Gasteiger partial charge is 0.330 e. The highest BCUT2D eigenvalue weighted by atomic mass is 32.1. The second-order valence-electron chi connectivity index (χ2n) is 3.95. The van der Waals surface area contributed by atoms with E-state index in [1.54, 1.807) is 18.5 Å². The zero-order valence-corrected chi connectivity index (χ0v) is 10.5. The number of aryl methyl sites for hydroxylation is 1. The predicted octanol–water partition coefficient (Wildman–Crippen LogP) is 3.88. The molecule has 2 heterocycles. The van der Waals surface area contributed by atoms with Gasteiger partial charge >= 0.3 is 0 Å². The molecule has 18 heavy (non-hydrogen) atoms. The first-order chi connectivity index (χ1) is 8.72. The Morgan fingerprint density at radius 2 is 2.17 bits per heavy atom. The van der Waals surface area contributed by atoms with Crippen LogP contribution in [0.3, 0.4) is 0 Å². The third-order valence-electron chi connectivity index (χ3n) is 2.63. The maximum absolute atomic E-state index is 13.1. The van der Waals surface area contributed by atoms with Crippen LogP contribution in [0.2, 0.25) is 0 Å². The highest BCUT2D eigenvalue weighted by Crippen LogP contribution is 2.29. The van der Waals surface area contributed by atoms with Crippen LogP contribution in [0.1, 0.15) is 5.56 Å². The second kappa shape index (κ2) is 4.34. The Balaban J connectivity index is 1.98. The SMILES string of the molecule is Cc1ccncc1Nc1nc2ccc(F)cc2s1. The zero-order valence-electron chi connectivity index (χ0n) is 9.64. The van der Waals surface area contributed by atoms with Crippen molar-refractivity contribution in [2.24, 2.45) is 0 Å². The van der Waals surface area contributed by atoms with Gasteiger partial charge < -0.3 is 5.32 Å². The number of aromatic nitrogens is 2. The Morgan fingerprint density at radius 1 is 1.28 bits per heavy atom. The molecule has 0 radical (unpaired) electrons. The Bertz CT molecular complexity index is 708. The smallest absolute Gasteiger partial charge is 0.188 e. The fourth-order valence-electron chi connectivity index (χ4n) is 1.66. The summed E-state index contributed by atoms with van der Waals surface area (Å²) in [6, 6.07) is 6.52. The molecule has 1 aromatic carbocycles. The van der Waals surface area contributed by atoms with Gasteiger partial charge in [-0.2, -0.15) is 0 Å². The van der Waals surface area contributed by atoms with Gasteiger partial charge in [0, 0.05) is 6.20 Å². The standard InChI is InChI=1S/C13H10FN3S/c1-8-4-5-15-7-11(8)17-13-16-10-3-2-9(14)6-12(10)18-13/h2-7H,1H3,(H,16,17). The molecule has 0 bridgehead atoms. The van der Waals surface area contributed by atoms with Gasteiger partial charge in [0.25, 0.3) is 0 Å². The number of halogens is 1. The van der Waals surface area contributed by atoms with Crippen LogP contribution in [0.25, 0.3) is 10.2 Å². The molecular weight excluding hydrogens is 249 g/mol. The molecule has 0 aliphatic heterocycles. The number of rotatable bonds is 2. The lowest BCUT2D eigenvalue weighted by Crippen LogP contribution is -1.92. The van der Waals surface area contributed by atoms with Crippen molar-refractivity contribution in [3.05, 3.63) is 48.0 Å². The van der Waals surface area contributed by atoms with Gasteiger partial charge in [-0.05, 0) is 36.8 Å². The number of anilines is 2. The second-order valence-corrected chi connectivity index (χ2v) is 4.98. The van der Waals surface area contributed by atoms with Crippen LogP contribution in [0.5, 0.6) is 0 Å². The minimum Gasteiger partial charge on any atom is -0.330 e. The lowest BCUT2D eigenvalue weighted by atomic mass is 10.2. The van der Waals surface area contributed by atoms with E-state index in [9.17, 15) is 4.39 Å². The van der Waals surface area contributed by atoms with Crippen LogP contribution < -0.4 is 5.32 Å². The van der Waals surface area contributed by atoms with E-state index in [2.05, 4.69) is 15.3 Å². The number of fused-ring (bicyclic) bond motifs is 1. The van der Waals surface area contributed by atoms with Crippen LogP contribution in [0.15, 0.2) is 36.7 Å². The summed E-state index contributed by atoms with van der Waals surface area (Å²) >= 11 is 1.42. The fourth-order valence-corrected chi connectivity index (χ4v) is 2.57. The summed E-state index contributed by atoms with van der Waals surface area (Å²) < 4.78 is 13.9. The van der Waals surface area contributed by atoms with Crippen molar-refractivity contribution in [3.8, 4) is 0 Å². The van der Waals surface area contributed by atoms with Crippen molar-refractivity contribution in [2.75, 3.05) is 5.32 Å². The summed E-state index contributed by atoms with van der Waals surface area (Å²) in [7, 11) is 0. The van der Waals surface area contributed by atoms with E-state index in [0.29, 0.717) is 0 Å². The Morgan fingerprint density at radius 3 is 3.00 bits per heavy atom. The Hall–Kier alpha value is -2.01. The van der Waals surface area contributed by atoms with Gasteiger partial charge in [-0.1, -0.05) is 11.3 Å². The molecule has 5 heteroatoms. The highest BCUT2D eigenvalue weighted by Gasteiger charge is 2.06. The quantitative estimate of drug-likeness (QED) is 0.758. The number of pyridine rings is 1. The normalized spacial score (nSPS) is 10.8. The minimum absolute atomic E-state index is 0.241. The number of nitrogens with one attached hydrogen (secondary N) is 1. The topological polar surface area (TPSA) is 37.8 Å². The predicted molar refractivity (Wildman–Crippen MR) is 71.8 cm³/mol. The average Bonchev–Trinajstić information content (AvgIpc) is 2.73. The van der Waals surface area contributed by atoms with Gasteiger partial charge in [-0.25, -0.2) is 9.37 Å². The van der Waals surface area contributed by atoms with E-state index >= 15 is 0 Å². The van der Waals surface area contributed by atoms with Gasteiger partial charge in [0.15, 0.2) is 5.13 Å². The summed E-state index contributed by atoms with van der Waals surface area (Å²) in [6.07, 6.45) is 3.50. The summed E-state index contributed by atoms with van der Waals surface area (Å²) in [6.45, 7) is 2.00. The highest BCUT2D eigenvalue weighted by molar-refractivity contribution is 7.22. The number of nitrogens with zero attached hydrogens (tertiary/aromatic N) is 2. The molecule has 0 unspecified atom stereocenters. The van der Waals surface area contributed by atoms with Crippen molar-refractivity contribution >= 4 is 32.4 Å². The van der Waals surface area contributed by atoms with Crippen LogP contribution in [-0.2, 0) is 0 Å². The molecule has 3 aromatic rings. The van der Waals surface area contributed by atoms with E-state index in [0.717, 1.165) is 26.6 Å². The molecule has 0 aliphatic rings. The molecule has 0 saturated heterocycles. The molecule has 0 spiro atoms. The molecule has 2 aromatic heterocycles. The van der Waals surface area contributed by atoms with Crippen molar-refractivity contribution in [3.63, 3.8) is 0 Å². The lowest BCUT2D eigenvalue weighted by molar-refractivity contribution is 0.630. The van der Waals surface area contributed by atoms with Gasteiger partial charge in [-0.3, -0.25) is 4.98 Å². The van der Waals surface area contributed by atoms with Crippen LogP contribution in [-0.4, -0.2) is 9.97 Å². The molecule has 0 aliphatic carbocycles. The number of hydrogen-bond acceptors (Lipinski definition) is 4. The third kappa shape index (κ3) is 2.04. The summed E-state index contributed by atoms with van der Waals surface area (Å²) in [5.41, 5.74) is 2.80. The summed E-state index contributed by atoms with van der Waals surface area (Å²) in [5, 5.41) is 3.95. The van der Waals surface area contributed by atoms with Gasteiger partial charge in [0.1, 0.15) is 5.82 Å². The summed E-state index contributed by atoms with van der Waals surface area (Å²) in [4.78, 5) is 8.47. The van der Waals surface area contributed by atoms with Crippen molar-refractivity contribution in [2.45, 2.75) is 6.92 Å². The van der Waals surface area contributed by atoms with Crippen LogP contribution in [0, 0.1) is 12.7 Å². The van der Waals surface area contributed by atoms with Crippen molar-refractivity contribution in [1.29, 1.82) is 0 Å². The van der Waals surface area contributed by atoms with Crippen molar-refractivity contribution < 1.29 is 4.39 Å². The van der Waals surface area contributed by atoms with Crippen LogP contribution in [0.4, 0.5) is 15.2 Å². The van der Waals surface area contributed by atoms with E-state index in [1.807, 2.05) is 13.0 Å². The fraction of sp³-hybridized carbons (Fsp3) is 0.0769.